The Morgan fingerprint density at radius 1 is 1.18 bits per heavy atom. The molecule has 0 saturated heterocycles. The van der Waals surface area contributed by atoms with E-state index in [-0.39, 0.29) is 11.1 Å². The van der Waals surface area contributed by atoms with Crippen molar-refractivity contribution in [1.29, 1.82) is 0 Å². The molecule has 1 aromatic carbocycles. The van der Waals surface area contributed by atoms with Crippen LogP contribution in [0.4, 0.5) is 0 Å². The van der Waals surface area contributed by atoms with E-state index in [4.69, 9.17) is 14.0 Å². The van der Waals surface area contributed by atoms with Crippen LogP contribution in [0, 0.1) is 0 Å². The molecule has 0 saturated carbocycles. The second-order valence-electron chi connectivity index (χ2n) is 6.97. The van der Waals surface area contributed by atoms with Gasteiger partial charge in [0.05, 0.1) is 26.0 Å². The first kappa shape index (κ1) is 18.7. The minimum atomic E-state index is -1.84. The van der Waals surface area contributed by atoms with Crippen LogP contribution >= 0.6 is 0 Å². The standard InChI is InChI=1S/C17H29NO3Si/c1-14(12-18-21-22(6,7)17(2,3)4)20-13-15-8-10-16(19-5)11-9-15/h8-12,14H,13H2,1-7H3/b18-12+. The summed E-state index contributed by atoms with van der Waals surface area (Å²) in [5.74, 6) is 0.848. The fraction of sp³-hybridized carbons (Fsp3) is 0.588. The van der Waals surface area contributed by atoms with Gasteiger partial charge in [0.15, 0.2) is 0 Å². The van der Waals surface area contributed by atoms with E-state index in [1.165, 1.54) is 0 Å². The van der Waals surface area contributed by atoms with E-state index in [2.05, 4.69) is 39.0 Å². The molecule has 0 fully saturated rings. The van der Waals surface area contributed by atoms with Crippen LogP contribution in [0.5, 0.6) is 5.75 Å². The van der Waals surface area contributed by atoms with E-state index < -0.39 is 8.32 Å². The Bertz CT molecular complexity index is 478. The van der Waals surface area contributed by atoms with Crippen molar-refractivity contribution in [3.8, 4) is 5.75 Å². The van der Waals surface area contributed by atoms with Crippen molar-refractivity contribution in [2.24, 2.45) is 5.16 Å². The molecule has 4 nitrogen and oxygen atoms in total. The van der Waals surface area contributed by atoms with Crippen molar-refractivity contribution in [3.63, 3.8) is 0 Å². The zero-order chi connectivity index (χ0) is 16.8. The molecule has 0 radical (unpaired) electrons. The van der Waals surface area contributed by atoms with E-state index in [1.807, 2.05) is 31.2 Å². The molecule has 0 spiro atoms. The minimum Gasteiger partial charge on any atom is -0.497 e. The summed E-state index contributed by atoms with van der Waals surface area (Å²) in [4.78, 5) is 0. The third kappa shape index (κ3) is 5.81. The van der Waals surface area contributed by atoms with Gasteiger partial charge < -0.3 is 14.0 Å². The zero-order valence-corrected chi connectivity index (χ0v) is 15.8. The zero-order valence-electron chi connectivity index (χ0n) is 14.8. The smallest absolute Gasteiger partial charge is 0.286 e. The first-order chi connectivity index (χ1) is 10.2. The molecule has 1 atom stereocenters. The average Bonchev–Trinajstić information content (AvgIpc) is 2.44. The molecule has 0 aliphatic rings. The van der Waals surface area contributed by atoms with Gasteiger partial charge in [-0.25, -0.2) is 0 Å². The number of hydrogen-bond donors (Lipinski definition) is 0. The van der Waals surface area contributed by atoms with Crippen LogP contribution in [0.1, 0.15) is 33.3 Å². The highest BCUT2D eigenvalue weighted by Crippen LogP contribution is 2.36. The van der Waals surface area contributed by atoms with Gasteiger partial charge in [-0.1, -0.05) is 32.9 Å². The van der Waals surface area contributed by atoms with Gasteiger partial charge in [-0.2, -0.15) is 0 Å². The number of benzene rings is 1. The lowest BCUT2D eigenvalue weighted by molar-refractivity contribution is 0.0971. The molecule has 124 valence electrons. The maximum absolute atomic E-state index is 5.76. The maximum Gasteiger partial charge on any atom is 0.286 e. The molecule has 1 unspecified atom stereocenters. The number of ether oxygens (including phenoxy) is 2. The van der Waals surface area contributed by atoms with Crippen molar-refractivity contribution in [3.05, 3.63) is 29.8 Å². The van der Waals surface area contributed by atoms with Gasteiger partial charge in [-0.05, 0) is 42.8 Å². The van der Waals surface area contributed by atoms with Crippen LogP contribution in [-0.2, 0) is 15.9 Å². The van der Waals surface area contributed by atoms with Gasteiger partial charge >= 0.3 is 0 Å². The van der Waals surface area contributed by atoms with E-state index in [9.17, 15) is 0 Å². The molecule has 5 heteroatoms. The average molecular weight is 324 g/mol. The van der Waals surface area contributed by atoms with Crippen LogP contribution in [0.25, 0.3) is 0 Å². The Kier molecular flexibility index (Phi) is 6.62. The lowest BCUT2D eigenvalue weighted by Crippen LogP contribution is -2.39. The van der Waals surface area contributed by atoms with Crippen molar-refractivity contribution < 1.29 is 14.0 Å². The second-order valence-corrected chi connectivity index (χ2v) is 11.7. The highest BCUT2D eigenvalue weighted by molar-refractivity contribution is 6.74. The van der Waals surface area contributed by atoms with E-state index in [1.54, 1.807) is 13.3 Å². The van der Waals surface area contributed by atoms with E-state index >= 15 is 0 Å². The molecule has 0 heterocycles. The quantitative estimate of drug-likeness (QED) is 0.418. The van der Waals surface area contributed by atoms with E-state index in [0.29, 0.717) is 6.61 Å². The summed E-state index contributed by atoms with van der Waals surface area (Å²) in [7, 11) is -0.177. The predicted molar refractivity (Wildman–Crippen MR) is 94.0 cm³/mol. The number of hydrogen-bond acceptors (Lipinski definition) is 4. The summed E-state index contributed by atoms with van der Waals surface area (Å²) >= 11 is 0. The Labute approximate surface area is 135 Å². The van der Waals surface area contributed by atoms with Gasteiger partial charge in [0.25, 0.3) is 8.32 Å². The third-order valence-corrected chi connectivity index (χ3v) is 8.20. The molecule has 0 aliphatic heterocycles. The molecule has 1 rings (SSSR count). The summed E-state index contributed by atoms with van der Waals surface area (Å²) in [6.45, 7) is 13.4. The summed E-state index contributed by atoms with van der Waals surface area (Å²) in [5, 5.41) is 4.29. The SMILES string of the molecule is COc1ccc(COC(C)/C=N/O[Si](C)(C)C(C)(C)C)cc1. The highest BCUT2D eigenvalue weighted by atomic mass is 28.4. The number of oxime groups is 1. The molecule has 0 N–H and O–H groups in total. The number of methoxy groups -OCH3 is 1. The number of rotatable bonds is 7. The Hall–Kier alpha value is -1.33. The van der Waals surface area contributed by atoms with Crippen LogP contribution in [-0.4, -0.2) is 27.7 Å². The van der Waals surface area contributed by atoms with Crippen molar-refractivity contribution >= 4 is 14.5 Å². The monoisotopic (exact) mass is 323 g/mol. The predicted octanol–water partition coefficient (Wildman–Crippen LogP) is 4.61. The van der Waals surface area contributed by atoms with Crippen molar-refractivity contribution in [2.75, 3.05) is 7.11 Å². The van der Waals surface area contributed by atoms with Gasteiger partial charge in [0.1, 0.15) is 5.75 Å². The summed E-state index contributed by atoms with van der Waals surface area (Å²) in [5.41, 5.74) is 1.10. The third-order valence-electron chi connectivity index (χ3n) is 4.03. The summed E-state index contributed by atoms with van der Waals surface area (Å²) < 4.78 is 16.6. The Morgan fingerprint density at radius 2 is 1.77 bits per heavy atom. The fourth-order valence-corrected chi connectivity index (χ4v) is 1.98. The van der Waals surface area contributed by atoms with Gasteiger partial charge in [0, 0.05) is 0 Å². The molecule has 22 heavy (non-hydrogen) atoms. The molecule has 0 aromatic heterocycles. The Morgan fingerprint density at radius 3 is 2.27 bits per heavy atom. The minimum absolute atomic E-state index is 0.0909. The first-order valence-corrected chi connectivity index (χ1v) is 10.5. The first-order valence-electron chi connectivity index (χ1n) is 7.62. The van der Waals surface area contributed by atoms with Crippen LogP contribution in [0.3, 0.4) is 0 Å². The summed E-state index contributed by atoms with van der Waals surface area (Å²) in [6.07, 6.45) is 1.64. The van der Waals surface area contributed by atoms with Gasteiger partial charge in [-0.3, -0.25) is 0 Å². The van der Waals surface area contributed by atoms with Crippen molar-refractivity contribution in [1.82, 2.24) is 0 Å². The van der Waals surface area contributed by atoms with Gasteiger partial charge in [-0.15, -0.1) is 5.16 Å². The second kappa shape index (κ2) is 7.79. The van der Waals surface area contributed by atoms with E-state index in [0.717, 1.165) is 11.3 Å². The molecule has 0 amide bonds. The molecular weight excluding hydrogens is 294 g/mol. The van der Waals surface area contributed by atoms with Crippen LogP contribution in [0.15, 0.2) is 29.4 Å². The van der Waals surface area contributed by atoms with Crippen LogP contribution < -0.4 is 4.74 Å². The van der Waals surface area contributed by atoms with Gasteiger partial charge in [0.2, 0.25) is 0 Å². The topological polar surface area (TPSA) is 40.0 Å². The maximum atomic E-state index is 5.76. The molecule has 0 aliphatic carbocycles. The normalized spacial score (nSPS) is 14.1. The number of nitrogens with zero attached hydrogens (tertiary/aromatic N) is 1. The highest BCUT2D eigenvalue weighted by Gasteiger charge is 2.39. The molecule has 0 bridgehead atoms. The molecular formula is C17H29NO3Si. The fourth-order valence-electron chi connectivity index (χ4n) is 1.38. The van der Waals surface area contributed by atoms with Crippen LogP contribution in [0.2, 0.25) is 18.1 Å². The summed E-state index contributed by atoms with van der Waals surface area (Å²) in [6, 6.07) is 7.85. The Balaban J connectivity index is 2.42. The van der Waals surface area contributed by atoms with Crippen molar-refractivity contribution in [2.45, 2.75) is 58.5 Å². The lowest BCUT2D eigenvalue weighted by Gasteiger charge is -2.33. The largest absolute Gasteiger partial charge is 0.497 e. The lowest BCUT2D eigenvalue weighted by atomic mass is 10.2. The molecule has 1 aromatic rings.